The Labute approximate surface area is 72.8 Å². The van der Waals surface area contributed by atoms with Crippen molar-refractivity contribution in [1.82, 2.24) is 9.97 Å². The highest BCUT2D eigenvalue weighted by Gasteiger charge is 2.05. The zero-order valence-corrected chi connectivity index (χ0v) is 8.01. The van der Waals surface area contributed by atoms with Gasteiger partial charge in [0.05, 0.1) is 12.8 Å². The molecule has 1 heterocycles. The number of nitrogens with zero attached hydrogens (tertiary/aromatic N) is 2. The minimum atomic E-state index is 0.468. The van der Waals surface area contributed by atoms with Crippen molar-refractivity contribution >= 4 is 0 Å². The summed E-state index contributed by atoms with van der Waals surface area (Å²) in [5, 5.41) is 0. The van der Waals surface area contributed by atoms with Gasteiger partial charge in [-0.05, 0) is 25.8 Å². The van der Waals surface area contributed by atoms with Gasteiger partial charge in [-0.15, -0.1) is 0 Å². The number of aromatic nitrogens is 2. The van der Waals surface area contributed by atoms with Crippen LogP contribution in [0.25, 0.3) is 0 Å². The lowest BCUT2D eigenvalue weighted by molar-refractivity contribution is 0.376. The zero-order chi connectivity index (χ0) is 9.14. The second-order valence-electron chi connectivity index (χ2n) is 2.72. The third-order valence-corrected chi connectivity index (χ3v) is 1.99. The van der Waals surface area contributed by atoms with Crippen molar-refractivity contribution in [3.63, 3.8) is 0 Å². The predicted molar refractivity (Wildman–Crippen MR) is 47.4 cm³/mol. The van der Waals surface area contributed by atoms with Crippen molar-refractivity contribution in [3.8, 4) is 6.01 Å². The molecule has 0 unspecified atom stereocenters. The molecular formula is C9H14N2O. The fraction of sp³-hybridized carbons (Fsp3) is 0.556. The summed E-state index contributed by atoms with van der Waals surface area (Å²) in [7, 11) is 1.59. The van der Waals surface area contributed by atoms with Crippen molar-refractivity contribution in [2.24, 2.45) is 0 Å². The fourth-order valence-corrected chi connectivity index (χ4v) is 1.10. The quantitative estimate of drug-likeness (QED) is 0.670. The molecule has 0 bridgehead atoms. The van der Waals surface area contributed by atoms with Crippen LogP contribution in [0.15, 0.2) is 0 Å². The molecular weight excluding hydrogens is 152 g/mol. The number of methoxy groups -OCH3 is 1. The molecule has 66 valence electrons. The maximum atomic E-state index is 4.97. The first kappa shape index (κ1) is 8.97. The molecule has 0 saturated carbocycles. The summed E-state index contributed by atoms with van der Waals surface area (Å²) >= 11 is 0. The Bertz CT molecular complexity index is 284. The van der Waals surface area contributed by atoms with Crippen LogP contribution >= 0.6 is 0 Å². The van der Waals surface area contributed by atoms with Crippen molar-refractivity contribution in [3.05, 3.63) is 17.0 Å². The van der Waals surface area contributed by atoms with Crippen LogP contribution in [0.4, 0.5) is 0 Å². The number of hydrogen-bond acceptors (Lipinski definition) is 3. The summed E-state index contributed by atoms with van der Waals surface area (Å²) in [6.45, 7) is 6.08. The lowest BCUT2D eigenvalue weighted by atomic mass is 10.1. The standard InChI is InChI=1S/C9H14N2O/c1-5-8-6(2)7(3)10-9(11-8)12-4/h5H2,1-4H3. The fourth-order valence-electron chi connectivity index (χ4n) is 1.10. The smallest absolute Gasteiger partial charge is 0.316 e. The van der Waals surface area contributed by atoms with E-state index in [1.54, 1.807) is 7.11 Å². The van der Waals surface area contributed by atoms with Crippen molar-refractivity contribution in [1.29, 1.82) is 0 Å². The Kier molecular flexibility index (Phi) is 2.63. The van der Waals surface area contributed by atoms with Gasteiger partial charge in [-0.3, -0.25) is 0 Å². The molecule has 3 heteroatoms. The van der Waals surface area contributed by atoms with Gasteiger partial charge in [-0.2, -0.15) is 4.98 Å². The van der Waals surface area contributed by atoms with E-state index < -0.39 is 0 Å². The molecule has 1 aromatic rings. The topological polar surface area (TPSA) is 35.0 Å². The molecule has 0 amide bonds. The third kappa shape index (κ3) is 1.55. The number of rotatable bonds is 2. The van der Waals surface area contributed by atoms with Crippen LogP contribution in [-0.2, 0) is 6.42 Å². The zero-order valence-electron chi connectivity index (χ0n) is 8.01. The molecule has 0 saturated heterocycles. The van der Waals surface area contributed by atoms with E-state index in [2.05, 4.69) is 16.9 Å². The van der Waals surface area contributed by atoms with Crippen LogP contribution in [0, 0.1) is 13.8 Å². The van der Waals surface area contributed by atoms with Gasteiger partial charge in [-0.25, -0.2) is 4.98 Å². The van der Waals surface area contributed by atoms with E-state index in [1.807, 2.05) is 13.8 Å². The van der Waals surface area contributed by atoms with E-state index in [-0.39, 0.29) is 0 Å². The number of aryl methyl sites for hydroxylation is 2. The average molecular weight is 166 g/mol. The Morgan fingerprint density at radius 3 is 2.42 bits per heavy atom. The van der Waals surface area contributed by atoms with E-state index in [9.17, 15) is 0 Å². The van der Waals surface area contributed by atoms with Gasteiger partial charge in [0, 0.05) is 5.69 Å². The molecule has 0 atom stereocenters. The summed E-state index contributed by atoms with van der Waals surface area (Å²) in [6.07, 6.45) is 0.922. The predicted octanol–water partition coefficient (Wildman–Crippen LogP) is 1.66. The van der Waals surface area contributed by atoms with Crippen LogP contribution in [0.5, 0.6) is 6.01 Å². The summed E-state index contributed by atoms with van der Waals surface area (Å²) in [6, 6.07) is 0.468. The first-order valence-corrected chi connectivity index (χ1v) is 4.07. The van der Waals surface area contributed by atoms with Crippen molar-refractivity contribution < 1.29 is 4.74 Å². The molecule has 1 aromatic heterocycles. The second kappa shape index (κ2) is 3.52. The van der Waals surface area contributed by atoms with Gasteiger partial charge in [0.25, 0.3) is 0 Å². The molecule has 0 aliphatic carbocycles. The first-order chi connectivity index (χ1) is 5.69. The van der Waals surface area contributed by atoms with Gasteiger partial charge in [-0.1, -0.05) is 6.92 Å². The largest absolute Gasteiger partial charge is 0.467 e. The maximum Gasteiger partial charge on any atom is 0.316 e. The average Bonchev–Trinajstić information content (AvgIpc) is 2.09. The summed E-state index contributed by atoms with van der Waals surface area (Å²) in [4.78, 5) is 8.40. The van der Waals surface area contributed by atoms with Gasteiger partial charge in [0.15, 0.2) is 0 Å². The van der Waals surface area contributed by atoms with E-state index >= 15 is 0 Å². The highest BCUT2D eigenvalue weighted by molar-refractivity contribution is 5.24. The summed E-state index contributed by atoms with van der Waals surface area (Å²) < 4.78 is 4.97. The van der Waals surface area contributed by atoms with Gasteiger partial charge < -0.3 is 4.74 Å². The van der Waals surface area contributed by atoms with Crippen LogP contribution in [0.1, 0.15) is 23.9 Å². The highest BCUT2D eigenvalue weighted by atomic mass is 16.5. The van der Waals surface area contributed by atoms with Crippen LogP contribution in [0.2, 0.25) is 0 Å². The molecule has 0 spiro atoms. The molecule has 1 rings (SSSR count). The van der Waals surface area contributed by atoms with E-state index in [0.29, 0.717) is 6.01 Å². The minimum Gasteiger partial charge on any atom is -0.467 e. The molecule has 0 fully saturated rings. The Morgan fingerprint density at radius 1 is 1.25 bits per heavy atom. The molecule has 12 heavy (non-hydrogen) atoms. The molecule has 0 radical (unpaired) electrons. The Balaban J connectivity index is 3.19. The molecule has 0 aromatic carbocycles. The Hall–Kier alpha value is -1.12. The maximum absolute atomic E-state index is 4.97. The lowest BCUT2D eigenvalue weighted by Gasteiger charge is -2.06. The molecule has 0 aliphatic heterocycles. The SMILES string of the molecule is CCc1nc(OC)nc(C)c1C. The van der Waals surface area contributed by atoms with Gasteiger partial charge >= 0.3 is 6.01 Å². The third-order valence-electron chi connectivity index (χ3n) is 1.99. The summed E-state index contributed by atoms with van der Waals surface area (Å²) in [5.74, 6) is 0. The number of ether oxygens (including phenoxy) is 1. The molecule has 0 N–H and O–H groups in total. The van der Waals surface area contributed by atoms with Gasteiger partial charge in [0.1, 0.15) is 0 Å². The summed E-state index contributed by atoms with van der Waals surface area (Å²) in [5.41, 5.74) is 3.23. The highest BCUT2D eigenvalue weighted by Crippen LogP contribution is 2.13. The Morgan fingerprint density at radius 2 is 1.92 bits per heavy atom. The molecule has 3 nitrogen and oxygen atoms in total. The normalized spacial score (nSPS) is 10.0. The lowest BCUT2D eigenvalue weighted by Crippen LogP contribution is -2.01. The van der Waals surface area contributed by atoms with Crippen LogP contribution < -0.4 is 4.74 Å². The molecule has 0 aliphatic rings. The van der Waals surface area contributed by atoms with E-state index in [0.717, 1.165) is 17.8 Å². The van der Waals surface area contributed by atoms with E-state index in [4.69, 9.17) is 4.74 Å². The first-order valence-electron chi connectivity index (χ1n) is 4.07. The minimum absolute atomic E-state index is 0.468. The van der Waals surface area contributed by atoms with Crippen molar-refractivity contribution in [2.45, 2.75) is 27.2 Å². The van der Waals surface area contributed by atoms with Crippen LogP contribution in [-0.4, -0.2) is 17.1 Å². The van der Waals surface area contributed by atoms with Gasteiger partial charge in [0.2, 0.25) is 0 Å². The van der Waals surface area contributed by atoms with Crippen LogP contribution in [0.3, 0.4) is 0 Å². The second-order valence-corrected chi connectivity index (χ2v) is 2.72. The number of hydrogen-bond donors (Lipinski definition) is 0. The monoisotopic (exact) mass is 166 g/mol. The van der Waals surface area contributed by atoms with E-state index in [1.165, 1.54) is 5.56 Å². The van der Waals surface area contributed by atoms with Crippen molar-refractivity contribution in [2.75, 3.05) is 7.11 Å².